The van der Waals surface area contributed by atoms with Crippen molar-refractivity contribution in [1.29, 1.82) is 0 Å². The van der Waals surface area contributed by atoms with Gasteiger partial charge in [-0.05, 0) is 29.3 Å². The minimum absolute atomic E-state index is 0.0184. The molecule has 0 saturated carbocycles. The van der Waals surface area contributed by atoms with E-state index < -0.39 is 10.8 Å². The lowest BCUT2D eigenvalue weighted by atomic mass is 10.0. The van der Waals surface area contributed by atoms with E-state index in [0.29, 0.717) is 10.6 Å². The summed E-state index contributed by atoms with van der Waals surface area (Å²) >= 11 is 5.94. The molecule has 0 saturated heterocycles. The average molecular weight is 439 g/mol. The van der Waals surface area contributed by atoms with Crippen LogP contribution in [0.25, 0.3) is 6.08 Å². The van der Waals surface area contributed by atoms with E-state index in [1.165, 1.54) is 35.0 Å². The molecular formula is C20H15ClN6O4. The second kappa shape index (κ2) is 8.36. The normalized spacial score (nSPS) is 15.4. The van der Waals surface area contributed by atoms with Crippen molar-refractivity contribution in [3.05, 3.63) is 80.9 Å². The molecule has 1 aliphatic rings. The number of nitrogens with one attached hydrogen (secondary N) is 2. The fourth-order valence-corrected chi connectivity index (χ4v) is 3.25. The molecule has 2 N–H and O–H groups in total. The van der Waals surface area contributed by atoms with E-state index in [4.69, 9.17) is 11.6 Å². The molecule has 1 aliphatic heterocycles. The van der Waals surface area contributed by atoms with Crippen molar-refractivity contribution < 1.29 is 14.5 Å². The number of amides is 2. The summed E-state index contributed by atoms with van der Waals surface area (Å²) in [6.45, 7) is 0. The van der Waals surface area contributed by atoms with Crippen LogP contribution in [0.2, 0.25) is 5.02 Å². The molecule has 3 aromatic rings. The highest BCUT2D eigenvalue weighted by molar-refractivity contribution is 6.30. The number of carbonyl (C=O) groups excluding carboxylic acids is 2. The topological polar surface area (TPSA) is 132 Å². The van der Waals surface area contributed by atoms with Crippen LogP contribution in [0.1, 0.15) is 23.6 Å². The van der Waals surface area contributed by atoms with Crippen LogP contribution in [-0.2, 0) is 9.59 Å². The second-order valence-electron chi connectivity index (χ2n) is 6.70. The molecule has 0 aliphatic carbocycles. The lowest BCUT2D eigenvalue weighted by Crippen LogP contribution is -2.29. The highest BCUT2D eigenvalue weighted by Crippen LogP contribution is 2.30. The highest BCUT2D eigenvalue weighted by Gasteiger charge is 2.29. The monoisotopic (exact) mass is 438 g/mol. The smallest absolute Gasteiger partial charge is 0.270 e. The molecule has 10 nitrogen and oxygen atoms in total. The Morgan fingerprint density at radius 1 is 1.29 bits per heavy atom. The molecule has 2 heterocycles. The maximum atomic E-state index is 12.2. The number of nitro groups is 1. The summed E-state index contributed by atoms with van der Waals surface area (Å²) in [6, 6.07) is 12.5. The maximum Gasteiger partial charge on any atom is 0.270 e. The average Bonchev–Trinajstić information content (AvgIpc) is 3.14. The van der Waals surface area contributed by atoms with Gasteiger partial charge in [-0.1, -0.05) is 35.9 Å². The molecule has 1 aromatic heterocycles. The first-order chi connectivity index (χ1) is 14.9. The number of nitrogens with zero attached hydrogens (tertiary/aromatic N) is 4. The number of carbonyl (C=O) groups is 2. The summed E-state index contributed by atoms with van der Waals surface area (Å²) in [6.07, 6.45) is 2.82. The molecule has 0 bridgehead atoms. The summed E-state index contributed by atoms with van der Waals surface area (Å²) in [5.74, 6) is -0.508. The zero-order chi connectivity index (χ0) is 22.0. The molecule has 0 fully saturated rings. The van der Waals surface area contributed by atoms with E-state index in [1.807, 2.05) is 0 Å². The molecule has 1 atom stereocenters. The number of hydrogen-bond acceptors (Lipinski definition) is 6. The minimum atomic E-state index is -0.524. The van der Waals surface area contributed by atoms with E-state index in [9.17, 15) is 19.7 Å². The summed E-state index contributed by atoms with van der Waals surface area (Å²) in [5.41, 5.74) is 1.25. The number of rotatable bonds is 5. The van der Waals surface area contributed by atoms with Gasteiger partial charge in [0.2, 0.25) is 11.9 Å². The molecular weight excluding hydrogens is 424 g/mol. The zero-order valence-corrected chi connectivity index (χ0v) is 16.6. The first-order valence-electron chi connectivity index (χ1n) is 9.14. The van der Waals surface area contributed by atoms with Gasteiger partial charge in [0, 0.05) is 23.2 Å². The third-order valence-electron chi connectivity index (χ3n) is 4.55. The van der Waals surface area contributed by atoms with E-state index in [2.05, 4.69) is 20.7 Å². The predicted octanol–water partition coefficient (Wildman–Crippen LogP) is 3.42. The third-order valence-corrected chi connectivity index (χ3v) is 4.81. The van der Waals surface area contributed by atoms with Gasteiger partial charge in [0.05, 0.1) is 17.4 Å². The van der Waals surface area contributed by atoms with Crippen LogP contribution in [0.15, 0.2) is 54.6 Å². The Labute approximate surface area is 180 Å². The number of fused-ring (bicyclic) bond motifs is 1. The van der Waals surface area contributed by atoms with Gasteiger partial charge in [-0.2, -0.15) is 4.98 Å². The molecule has 156 valence electrons. The Kier molecular flexibility index (Phi) is 5.46. The molecule has 0 spiro atoms. The van der Waals surface area contributed by atoms with Crippen LogP contribution >= 0.6 is 11.6 Å². The summed E-state index contributed by atoms with van der Waals surface area (Å²) in [5, 5.41) is 20.9. The van der Waals surface area contributed by atoms with Gasteiger partial charge < -0.3 is 0 Å². The standard InChI is InChI=1S/C20H15ClN6O4/c21-14-7-5-13(6-8-14)16-11-18(29)23-20-24-19(25-26(16)20)22-17(28)9-4-12-2-1-3-15(10-12)27(30)31/h1-10,16H,11H2,(H2,22,23,24,25,28,29)/b9-4+/t16-/m1/s1. The second-order valence-corrected chi connectivity index (χ2v) is 7.13. The first-order valence-corrected chi connectivity index (χ1v) is 9.52. The third kappa shape index (κ3) is 4.59. The van der Waals surface area contributed by atoms with Crippen LogP contribution in [0, 0.1) is 10.1 Å². The van der Waals surface area contributed by atoms with Crippen LogP contribution < -0.4 is 10.6 Å². The van der Waals surface area contributed by atoms with Gasteiger partial charge in [-0.15, -0.1) is 5.10 Å². The van der Waals surface area contributed by atoms with Gasteiger partial charge in [0.25, 0.3) is 17.5 Å². The maximum absolute atomic E-state index is 12.2. The van der Waals surface area contributed by atoms with Crippen molar-refractivity contribution in [2.75, 3.05) is 10.6 Å². The molecule has 2 aromatic carbocycles. The lowest BCUT2D eigenvalue weighted by molar-refractivity contribution is -0.384. The van der Waals surface area contributed by atoms with Crippen molar-refractivity contribution in [3.63, 3.8) is 0 Å². The summed E-state index contributed by atoms with van der Waals surface area (Å²) in [4.78, 5) is 38.8. The molecule has 0 unspecified atom stereocenters. The fourth-order valence-electron chi connectivity index (χ4n) is 3.13. The van der Waals surface area contributed by atoms with Crippen molar-refractivity contribution in [3.8, 4) is 0 Å². The predicted molar refractivity (Wildman–Crippen MR) is 114 cm³/mol. The van der Waals surface area contributed by atoms with Gasteiger partial charge in [0.15, 0.2) is 0 Å². The van der Waals surface area contributed by atoms with Crippen LogP contribution in [-0.4, -0.2) is 31.5 Å². The lowest BCUT2D eigenvalue weighted by Gasteiger charge is -2.23. The SMILES string of the molecule is O=C(/C=C/c1cccc([N+](=O)[O-])c1)Nc1nc2n(n1)[C@@H](c1ccc(Cl)cc1)CC(=O)N2. The Hall–Kier alpha value is -4.05. The minimum Gasteiger partial charge on any atom is -0.295 e. The van der Waals surface area contributed by atoms with Crippen molar-refractivity contribution in [2.24, 2.45) is 0 Å². The number of benzene rings is 2. The molecule has 0 radical (unpaired) electrons. The van der Waals surface area contributed by atoms with Crippen LogP contribution in [0.5, 0.6) is 0 Å². The van der Waals surface area contributed by atoms with E-state index in [-0.39, 0.29) is 36.0 Å². The highest BCUT2D eigenvalue weighted by atomic mass is 35.5. The number of anilines is 2. The molecule has 2 amide bonds. The Balaban J connectivity index is 1.51. The Morgan fingerprint density at radius 3 is 2.81 bits per heavy atom. The van der Waals surface area contributed by atoms with Gasteiger partial charge in [-0.3, -0.25) is 30.3 Å². The number of aromatic nitrogens is 3. The Bertz CT molecular complexity index is 1200. The number of hydrogen-bond donors (Lipinski definition) is 2. The molecule has 31 heavy (non-hydrogen) atoms. The van der Waals surface area contributed by atoms with E-state index >= 15 is 0 Å². The van der Waals surface area contributed by atoms with E-state index in [1.54, 1.807) is 30.3 Å². The van der Waals surface area contributed by atoms with Crippen molar-refractivity contribution in [2.45, 2.75) is 12.5 Å². The van der Waals surface area contributed by atoms with Crippen molar-refractivity contribution >= 4 is 47.1 Å². The van der Waals surface area contributed by atoms with Gasteiger partial charge in [-0.25, -0.2) is 4.68 Å². The summed E-state index contributed by atoms with van der Waals surface area (Å²) < 4.78 is 1.53. The van der Waals surface area contributed by atoms with Gasteiger partial charge in [0.1, 0.15) is 0 Å². The number of nitro benzene ring substituents is 1. The van der Waals surface area contributed by atoms with Gasteiger partial charge >= 0.3 is 0 Å². The molecule has 4 rings (SSSR count). The van der Waals surface area contributed by atoms with E-state index in [0.717, 1.165) is 5.56 Å². The molecule has 11 heteroatoms. The Morgan fingerprint density at radius 2 is 2.06 bits per heavy atom. The quantitative estimate of drug-likeness (QED) is 0.356. The zero-order valence-electron chi connectivity index (χ0n) is 15.9. The first kappa shape index (κ1) is 20.2. The van der Waals surface area contributed by atoms with Crippen LogP contribution in [0.4, 0.5) is 17.6 Å². The summed E-state index contributed by atoms with van der Waals surface area (Å²) in [7, 11) is 0. The number of halogens is 1. The number of non-ortho nitro benzene ring substituents is 1. The fraction of sp³-hybridized carbons (Fsp3) is 0.100. The largest absolute Gasteiger partial charge is 0.295 e. The van der Waals surface area contributed by atoms with Crippen LogP contribution in [0.3, 0.4) is 0 Å². The van der Waals surface area contributed by atoms with Crippen molar-refractivity contribution in [1.82, 2.24) is 14.8 Å².